The minimum Gasteiger partial charge on any atom is -0.330 e. The molecular formula is C33H29N3O2. The van der Waals surface area contributed by atoms with Crippen LogP contribution in [0.3, 0.4) is 0 Å². The topological polar surface area (TPSA) is 98.2 Å². The van der Waals surface area contributed by atoms with Crippen LogP contribution >= 0.6 is 0 Å². The second kappa shape index (κ2) is 9.86. The largest absolute Gasteiger partial charge is 0.330 e. The first kappa shape index (κ1) is 24.0. The number of benzene rings is 4. The van der Waals surface area contributed by atoms with Crippen LogP contribution in [0.15, 0.2) is 84.9 Å². The number of nitrogens with one attached hydrogen (secondary N) is 1. The lowest BCUT2D eigenvalue weighted by atomic mass is 9.93. The highest BCUT2D eigenvalue weighted by Crippen LogP contribution is 2.43. The Morgan fingerprint density at radius 1 is 0.605 bits per heavy atom. The van der Waals surface area contributed by atoms with Gasteiger partial charge in [-0.15, -0.1) is 0 Å². The van der Waals surface area contributed by atoms with E-state index >= 15 is 0 Å². The Morgan fingerprint density at radius 3 is 1.71 bits per heavy atom. The summed E-state index contributed by atoms with van der Waals surface area (Å²) in [5.74, 6) is -0.251. The van der Waals surface area contributed by atoms with Crippen molar-refractivity contribution >= 4 is 28.5 Å². The van der Waals surface area contributed by atoms with Crippen molar-refractivity contribution in [3.8, 4) is 22.3 Å². The van der Waals surface area contributed by atoms with Crippen LogP contribution in [-0.4, -0.2) is 24.8 Å². The highest BCUT2D eigenvalue weighted by atomic mass is 16.2. The van der Waals surface area contributed by atoms with Gasteiger partial charge >= 0.3 is 0 Å². The molecule has 0 unspecified atom stereocenters. The molecule has 4 aromatic carbocycles. The molecule has 0 aromatic heterocycles. The molecule has 188 valence electrons. The first-order valence-electron chi connectivity index (χ1n) is 13.0. The lowest BCUT2D eigenvalue weighted by Gasteiger charge is -2.09. The standard InChI is InChI=1S/C33H29N3O2/c34-15-13-20-1-5-22(6-2-20)24-9-11-27-26(17-24)19-30(37)31(27)32-28-12-10-25(18-29(28)36-33(32)38)23-7-3-21(4-8-23)14-16-35/h1-12,17-18H,13-16,19,34-35H2,(H,36,38)/b32-31+. The molecule has 38 heavy (non-hydrogen) atoms. The summed E-state index contributed by atoms with van der Waals surface area (Å²) in [6, 6.07) is 28.7. The van der Waals surface area contributed by atoms with E-state index in [0.717, 1.165) is 57.5 Å². The van der Waals surface area contributed by atoms with Crippen molar-refractivity contribution in [2.24, 2.45) is 11.5 Å². The van der Waals surface area contributed by atoms with E-state index in [4.69, 9.17) is 11.5 Å². The molecule has 0 fully saturated rings. The molecule has 0 atom stereocenters. The minimum absolute atomic E-state index is 0.0204. The van der Waals surface area contributed by atoms with E-state index in [1.54, 1.807) is 0 Å². The van der Waals surface area contributed by atoms with Crippen LogP contribution in [0.25, 0.3) is 33.4 Å². The quantitative estimate of drug-likeness (QED) is 0.325. The summed E-state index contributed by atoms with van der Waals surface area (Å²) in [7, 11) is 0. The van der Waals surface area contributed by atoms with E-state index in [-0.39, 0.29) is 11.7 Å². The highest BCUT2D eigenvalue weighted by Gasteiger charge is 2.35. The van der Waals surface area contributed by atoms with E-state index in [0.29, 0.717) is 30.7 Å². The monoisotopic (exact) mass is 499 g/mol. The van der Waals surface area contributed by atoms with Gasteiger partial charge in [-0.1, -0.05) is 78.9 Å². The zero-order chi connectivity index (χ0) is 26.2. The number of rotatable bonds is 6. The summed E-state index contributed by atoms with van der Waals surface area (Å²) >= 11 is 0. The van der Waals surface area contributed by atoms with Gasteiger partial charge in [0.2, 0.25) is 0 Å². The number of carbonyl (C=O) groups is 2. The fourth-order valence-electron chi connectivity index (χ4n) is 5.51. The van der Waals surface area contributed by atoms with Crippen LogP contribution < -0.4 is 16.8 Å². The Kier molecular flexibility index (Phi) is 6.24. The molecule has 1 heterocycles. The maximum atomic E-state index is 13.3. The Hall–Kier alpha value is -4.32. The number of amides is 1. The van der Waals surface area contributed by atoms with E-state index in [2.05, 4.69) is 59.9 Å². The molecule has 0 saturated carbocycles. The second-order valence-electron chi connectivity index (χ2n) is 9.91. The molecule has 6 rings (SSSR count). The smallest absolute Gasteiger partial charge is 0.257 e. The highest BCUT2D eigenvalue weighted by molar-refractivity contribution is 6.47. The zero-order valence-electron chi connectivity index (χ0n) is 21.1. The average molecular weight is 500 g/mol. The lowest BCUT2D eigenvalue weighted by Crippen LogP contribution is -2.08. The van der Waals surface area contributed by atoms with Crippen molar-refractivity contribution in [2.75, 3.05) is 18.4 Å². The number of hydrogen-bond donors (Lipinski definition) is 3. The van der Waals surface area contributed by atoms with E-state index < -0.39 is 0 Å². The van der Waals surface area contributed by atoms with Gasteiger partial charge in [0, 0.05) is 23.2 Å². The van der Waals surface area contributed by atoms with Crippen molar-refractivity contribution < 1.29 is 9.59 Å². The van der Waals surface area contributed by atoms with Crippen LogP contribution in [0, 0.1) is 0 Å². The van der Waals surface area contributed by atoms with Crippen LogP contribution in [0.1, 0.15) is 27.8 Å². The number of anilines is 1. The van der Waals surface area contributed by atoms with Crippen LogP contribution in [0.5, 0.6) is 0 Å². The predicted octanol–water partition coefficient (Wildman–Crippen LogP) is 5.01. The third-order valence-corrected chi connectivity index (χ3v) is 7.46. The van der Waals surface area contributed by atoms with E-state index in [9.17, 15) is 9.59 Å². The normalized spacial score (nSPS) is 15.9. The molecule has 1 aliphatic heterocycles. The summed E-state index contributed by atoms with van der Waals surface area (Å²) in [5, 5.41) is 3.00. The molecule has 0 saturated heterocycles. The lowest BCUT2D eigenvalue weighted by molar-refractivity contribution is -0.113. The molecule has 1 amide bonds. The third kappa shape index (κ3) is 4.26. The fraction of sp³-hybridized carbons (Fsp3) is 0.152. The number of ketones is 1. The maximum absolute atomic E-state index is 13.3. The minimum atomic E-state index is -0.230. The SMILES string of the molecule is NCCc1ccc(-c2ccc3c(c2)CC(=O)/C3=C2/C(=O)Nc3cc(-c4ccc(CCN)cc4)ccc32)cc1. The van der Waals surface area contributed by atoms with Gasteiger partial charge in [0.15, 0.2) is 5.78 Å². The van der Waals surface area contributed by atoms with Crippen molar-refractivity contribution in [1.29, 1.82) is 0 Å². The van der Waals surface area contributed by atoms with Gasteiger partial charge in [0.05, 0.1) is 5.57 Å². The summed E-state index contributed by atoms with van der Waals surface area (Å²) in [4.78, 5) is 26.4. The first-order chi connectivity index (χ1) is 18.6. The van der Waals surface area contributed by atoms with Crippen molar-refractivity contribution in [3.05, 3.63) is 113 Å². The fourth-order valence-corrected chi connectivity index (χ4v) is 5.51. The molecule has 0 radical (unpaired) electrons. The van der Waals surface area contributed by atoms with Crippen LogP contribution in [0.2, 0.25) is 0 Å². The summed E-state index contributed by atoms with van der Waals surface area (Å²) < 4.78 is 0. The molecule has 0 spiro atoms. The predicted molar refractivity (Wildman–Crippen MR) is 153 cm³/mol. The first-order valence-corrected chi connectivity index (χ1v) is 13.0. The molecule has 5 heteroatoms. The maximum Gasteiger partial charge on any atom is 0.257 e. The molecular weight excluding hydrogens is 470 g/mol. The molecule has 5 N–H and O–H groups in total. The van der Waals surface area contributed by atoms with Crippen molar-refractivity contribution in [1.82, 2.24) is 0 Å². The second-order valence-corrected chi connectivity index (χ2v) is 9.91. The van der Waals surface area contributed by atoms with E-state index in [1.807, 2.05) is 30.3 Å². The van der Waals surface area contributed by atoms with Crippen molar-refractivity contribution in [3.63, 3.8) is 0 Å². The summed E-state index contributed by atoms with van der Waals surface area (Å²) in [6.07, 6.45) is 1.99. The van der Waals surface area contributed by atoms with Crippen molar-refractivity contribution in [2.45, 2.75) is 19.3 Å². The van der Waals surface area contributed by atoms with Gasteiger partial charge in [-0.05, 0) is 76.5 Å². The Balaban J connectivity index is 1.35. The number of fused-ring (bicyclic) bond motifs is 2. The summed E-state index contributed by atoms with van der Waals surface area (Å²) in [6.45, 7) is 1.24. The number of Topliss-reactive ketones (excluding diaryl/α,β-unsaturated/α-hetero) is 1. The van der Waals surface area contributed by atoms with Gasteiger partial charge in [-0.2, -0.15) is 0 Å². The summed E-state index contributed by atoms with van der Waals surface area (Å²) in [5.41, 5.74) is 22.2. The van der Waals surface area contributed by atoms with E-state index in [1.165, 1.54) is 11.1 Å². The van der Waals surface area contributed by atoms with Gasteiger partial charge in [0.1, 0.15) is 0 Å². The Labute approximate surface area is 222 Å². The molecule has 2 aliphatic rings. The molecule has 0 bridgehead atoms. The third-order valence-electron chi connectivity index (χ3n) is 7.46. The van der Waals surface area contributed by atoms with Gasteiger partial charge in [-0.25, -0.2) is 0 Å². The average Bonchev–Trinajstić information content (AvgIpc) is 3.43. The molecule has 4 aromatic rings. The van der Waals surface area contributed by atoms with Crippen LogP contribution in [-0.2, 0) is 28.9 Å². The van der Waals surface area contributed by atoms with Gasteiger partial charge < -0.3 is 16.8 Å². The van der Waals surface area contributed by atoms with Gasteiger partial charge in [0.25, 0.3) is 5.91 Å². The number of hydrogen-bond acceptors (Lipinski definition) is 4. The number of carbonyl (C=O) groups excluding carboxylic acids is 2. The number of allylic oxidation sites excluding steroid dienone is 1. The zero-order valence-corrected chi connectivity index (χ0v) is 21.1. The molecule has 1 aliphatic carbocycles. The Morgan fingerprint density at radius 2 is 1.13 bits per heavy atom. The Bertz CT molecular complexity index is 1480. The van der Waals surface area contributed by atoms with Gasteiger partial charge in [-0.3, -0.25) is 9.59 Å². The number of nitrogens with two attached hydrogens (primary N) is 2. The van der Waals surface area contributed by atoms with Crippen LogP contribution in [0.4, 0.5) is 5.69 Å². The molecule has 5 nitrogen and oxygen atoms in total.